The zero-order valence-electron chi connectivity index (χ0n) is 26.3. The van der Waals surface area contributed by atoms with Crippen molar-refractivity contribution in [3.8, 4) is 0 Å². The first-order valence-corrected chi connectivity index (χ1v) is 16.9. The summed E-state index contributed by atoms with van der Waals surface area (Å²) in [4.78, 5) is 0. The molecule has 3 saturated carbocycles. The number of rotatable bonds is 6. The fourth-order valence-electron chi connectivity index (χ4n) is 10.8. The normalized spacial score (nSPS) is 34.3. The number of ether oxygens (including phenoxy) is 1. The second kappa shape index (κ2) is 10.8. The van der Waals surface area contributed by atoms with Gasteiger partial charge in [0.25, 0.3) is 0 Å². The first-order valence-electron chi connectivity index (χ1n) is 16.9. The summed E-state index contributed by atoms with van der Waals surface area (Å²) in [6.45, 7) is 10.3. The summed E-state index contributed by atoms with van der Waals surface area (Å²) in [5.74, 6) is 4.34. The Labute approximate surface area is 254 Å². The van der Waals surface area contributed by atoms with Crippen LogP contribution >= 0.6 is 0 Å². The standard InChI is InChI=1S/C41H50O/c1-29(2)36-22-23-37-35-21-20-33-28-34(24-26-39(33,3)38(35)25-27-40(36,37)4)42-41(30-14-8-5-9-15-30,31-16-10-6-11-17-31)32-18-12-7-13-19-32/h5-20,29,34-38H,21-28H2,1-4H3/t34-,35-,36+,37-,38-,39-,40+/m0/s1. The predicted octanol–water partition coefficient (Wildman–Crippen LogP) is 10.6. The van der Waals surface area contributed by atoms with Crippen LogP contribution in [0.3, 0.4) is 0 Å². The molecule has 7 rings (SSSR count). The SMILES string of the molecule is CC(C)[C@H]1CC[C@H]2[C@@H]3CC=C4C[C@@H](OC(c5ccccc5)(c5ccccc5)c5ccccc5)CC[C@]4(C)[C@H]3CC[C@]12C. The Morgan fingerprint density at radius 1 is 0.690 bits per heavy atom. The van der Waals surface area contributed by atoms with Crippen LogP contribution in [-0.4, -0.2) is 6.10 Å². The van der Waals surface area contributed by atoms with Gasteiger partial charge in [-0.25, -0.2) is 0 Å². The van der Waals surface area contributed by atoms with E-state index < -0.39 is 5.60 Å². The van der Waals surface area contributed by atoms with Gasteiger partial charge in [0.05, 0.1) is 6.10 Å². The fourth-order valence-corrected chi connectivity index (χ4v) is 10.8. The molecule has 0 heterocycles. The minimum atomic E-state index is -0.637. The molecule has 0 aromatic heterocycles. The lowest BCUT2D eigenvalue weighted by atomic mass is 9.47. The van der Waals surface area contributed by atoms with E-state index in [1.807, 2.05) is 0 Å². The molecule has 0 N–H and O–H groups in total. The van der Waals surface area contributed by atoms with E-state index in [0.717, 1.165) is 42.4 Å². The Bertz CT molecular complexity index is 1290. The minimum absolute atomic E-state index is 0.187. The van der Waals surface area contributed by atoms with Crippen LogP contribution in [0, 0.1) is 40.4 Å². The Kier molecular flexibility index (Phi) is 7.25. The van der Waals surface area contributed by atoms with Gasteiger partial charge in [-0.1, -0.05) is 130 Å². The van der Waals surface area contributed by atoms with Crippen LogP contribution in [0.15, 0.2) is 103 Å². The molecule has 0 bridgehead atoms. The largest absolute Gasteiger partial charge is 0.357 e. The zero-order valence-corrected chi connectivity index (χ0v) is 26.3. The number of hydrogen-bond acceptors (Lipinski definition) is 1. The maximum Gasteiger partial charge on any atom is 0.144 e. The molecule has 3 fully saturated rings. The van der Waals surface area contributed by atoms with Gasteiger partial charge >= 0.3 is 0 Å². The Morgan fingerprint density at radius 3 is 1.81 bits per heavy atom. The molecular weight excluding hydrogens is 508 g/mol. The zero-order chi connectivity index (χ0) is 29.0. The van der Waals surface area contributed by atoms with Crippen LogP contribution in [0.1, 0.15) is 95.8 Å². The van der Waals surface area contributed by atoms with E-state index in [4.69, 9.17) is 4.74 Å². The van der Waals surface area contributed by atoms with Gasteiger partial charge in [0.15, 0.2) is 0 Å². The molecule has 1 nitrogen and oxygen atoms in total. The van der Waals surface area contributed by atoms with E-state index in [0.29, 0.717) is 10.8 Å². The third-order valence-electron chi connectivity index (χ3n) is 12.8. The number of hydrogen-bond donors (Lipinski definition) is 0. The number of fused-ring (bicyclic) bond motifs is 5. The maximum atomic E-state index is 7.55. The van der Waals surface area contributed by atoms with Crippen molar-refractivity contribution in [2.75, 3.05) is 0 Å². The highest BCUT2D eigenvalue weighted by Crippen LogP contribution is 2.67. The molecular formula is C41H50O. The van der Waals surface area contributed by atoms with E-state index in [1.54, 1.807) is 5.57 Å². The van der Waals surface area contributed by atoms with Crippen molar-refractivity contribution in [3.63, 3.8) is 0 Å². The highest BCUT2D eigenvalue weighted by atomic mass is 16.5. The fraction of sp³-hybridized carbons (Fsp3) is 0.512. The van der Waals surface area contributed by atoms with Crippen LogP contribution in [0.2, 0.25) is 0 Å². The van der Waals surface area contributed by atoms with Crippen molar-refractivity contribution < 1.29 is 4.74 Å². The predicted molar refractivity (Wildman–Crippen MR) is 174 cm³/mol. The molecule has 0 unspecified atom stereocenters. The summed E-state index contributed by atoms with van der Waals surface area (Å²) in [5.41, 5.74) is 5.57. The molecule has 3 aromatic rings. The third kappa shape index (κ3) is 4.37. The maximum absolute atomic E-state index is 7.55. The molecule has 7 atom stereocenters. The van der Waals surface area contributed by atoms with Gasteiger partial charge in [0.2, 0.25) is 0 Å². The molecule has 220 valence electrons. The molecule has 0 spiro atoms. The van der Waals surface area contributed by atoms with Gasteiger partial charge in [-0.15, -0.1) is 0 Å². The molecule has 0 aliphatic heterocycles. The molecule has 1 heteroatoms. The van der Waals surface area contributed by atoms with Gasteiger partial charge in [0, 0.05) is 0 Å². The molecule has 4 aliphatic carbocycles. The number of allylic oxidation sites excluding steroid dienone is 1. The molecule has 42 heavy (non-hydrogen) atoms. The lowest BCUT2D eigenvalue weighted by Crippen LogP contribution is -2.51. The second-order valence-electron chi connectivity index (χ2n) is 15.0. The second-order valence-corrected chi connectivity index (χ2v) is 15.0. The Morgan fingerprint density at radius 2 is 1.26 bits per heavy atom. The van der Waals surface area contributed by atoms with Crippen molar-refractivity contribution >= 4 is 0 Å². The van der Waals surface area contributed by atoms with Crippen molar-refractivity contribution in [1.29, 1.82) is 0 Å². The first kappa shape index (κ1) is 28.1. The summed E-state index contributed by atoms with van der Waals surface area (Å²) < 4.78 is 7.55. The van der Waals surface area contributed by atoms with Gasteiger partial charge < -0.3 is 4.74 Å². The number of benzene rings is 3. The van der Waals surface area contributed by atoms with E-state index in [1.165, 1.54) is 55.2 Å². The van der Waals surface area contributed by atoms with Gasteiger partial charge in [-0.05, 0) is 108 Å². The van der Waals surface area contributed by atoms with Gasteiger partial charge in [0.1, 0.15) is 5.60 Å². The average Bonchev–Trinajstić information content (AvgIpc) is 3.39. The minimum Gasteiger partial charge on any atom is -0.357 e. The van der Waals surface area contributed by atoms with E-state index in [9.17, 15) is 0 Å². The average molecular weight is 559 g/mol. The highest BCUT2D eigenvalue weighted by Gasteiger charge is 2.59. The summed E-state index contributed by atoms with van der Waals surface area (Å²) in [6, 6.07) is 32.8. The van der Waals surface area contributed by atoms with Crippen LogP contribution in [0.25, 0.3) is 0 Å². The lowest BCUT2D eigenvalue weighted by Gasteiger charge is -2.58. The monoisotopic (exact) mass is 558 g/mol. The Hall–Kier alpha value is -2.64. The molecule has 0 amide bonds. The topological polar surface area (TPSA) is 9.23 Å². The van der Waals surface area contributed by atoms with Crippen LogP contribution in [0.5, 0.6) is 0 Å². The van der Waals surface area contributed by atoms with Crippen LogP contribution in [-0.2, 0) is 10.3 Å². The highest BCUT2D eigenvalue weighted by molar-refractivity contribution is 5.47. The first-order chi connectivity index (χ1) is 20.4. The molecule has 4 aliphatic rings. The van der Waals surface area contributed by atoms with Crippen LogP contribution in [0.4, 0.5) is 0 Å². The van der Waals surface area contributed by atoms with Crippen molar-refractivity contribution in [2.45, 2.75) is 90.8 Å². The summed E-state index contributed by atoms with van der Waals surface area (Å²) >= 11 is 0. The van der Waals surface area contributed by atoms with Crippen molar-refractivity contribution in [3.05, 3.63) is 119 Å². The lowest BCUT2D eigenvalue weighted by molar-refractivity contribution is -0.0890. The Balaban J connectivity index is 1.22. The van der Waals surface area contributed by atoms with Gasteiger partial charge in [-0.3, -0.25) is 0 Å². The van der Waals surface area contributed by atoms with Crippen molar-refractivity contribution in [2.24, 2.45) is 40.4 Å². The molecule has 3 aromatic carbocycles. The quantitative estimate of drug-likeness (QED) is 0.216. The summed E-state index contributed by atoms with van der Waals surface area (Å²) in [6.07, 6.45) is 13.4. The summed E-state index contributed by atoms with van der Waals surface area (Å²) in [7, 11) is 0. The van der Waals surface area contributed by atoms with Crippen molar-refractivity contribution in [1.82, 2.24) is 0 Å². The van der Waals surface area contributed by atoms with Crippen LogP contribution < -0.4 is 0 Å². The summed E-state index contributed by atoms with van der Waals surface area (Å²) in [5, 5.41) is 0. The molecule has 0 radical (unpaired) electrons. The van der Waals surface area contributed by atoms with E-state index in [2.05, 4.69) is 125 Å². The van der Waals surface area contributed by atoms with Gasteiger partial charge in [-0.2, -0.15) is 0 Å². The smallest absolute Gasteiger partial charge is 0.144 e. The van der Waals surface area contributed by atoms with E-state index >= 15 is 0 Å². The van der Waals surface area contributed by atoms with E-state index in [-0.39, 0.29) is 6.10 Å². The third-order valence-corrected chi connectivity index (χ3v) is 12.8. The molecule has 0 saturated heterocycles.